The quantitative estimate of drug-likeness (QED) is 0.368. The van der Waals surface area contributed by atoms with Gasteiger partial charge in [-0.25, -0.2) is 0 Å². The highest BCUT2D eigenvalue weighted by Gasteiger charge is 2.47. The van der Waals surface area contributed by atoms with E-state index in [9.17, 15) is 32.7 Å². The summed E-state index contributed by atoms with van der Waals surface area (Å²) in [7, 11) is 0. The van der Waals surface area contributed by atoms with Gasteiger partial charge in [0.1, 0.15) is 17.7 Å². The Labute approximate surface area is 278 Å². The van der Waals surface area contributed by atoms with Gasteiger partial charge in [-0.2, -0.15) is 13.2 Å². The molecule has 0 aromatic heterocycles. The van der Waals surface area contributed by atoms with Crippen molar-refractivity contribution in [2.75, 3.05) is 19.6 Å². The first kappa shape index (κ1) is 35.8. The number of nitrogens with zero attached hydrogens (tertiary/aromatic N) is 2. The van der Waals surface area contributed by atoms with Gasteiger partial charge in [0.05, 0.1) is 18.8 Å². The monoisotopic (exact) mass is 675 g/mol. The Morgan fingerprint density at radius 1 is 0.896 bits per heavy atom. The molecule has 3 heterocycles. The molecule has 10 nitrogen and oxygen atoms in total. The molecule has 0 bridgehead atoms. The molecule has 3 fully saturated rings. The van der Waals surface area contributed by atoms with Crippen molar-refractivity contribution in [2.45, 2.75) is 108 Å². The van der Waals surface area contributed by atoms with E-state index in [4.69, 9.17) is 14.2 Å². The first-order chi connectivity index (χ1) is 22.7. The Morgan fingerprint density at radius 3 is 2.17 bits per heavy atom. The summed E-state index contributed by atoms with van der Waals surface area (Å²) >= 11 is 0. The number of amides is 2. The Balaban J connectivity index is 1.26. The van der Waals surface area contributed by atoms with E-state index in [1.807, 2.05) is 57.2 Å². The van der Waals surface area contributed by atoms with Crippen molar-refractivity contribution in [3.63, 3.8) is 0 Å². The molecule has 3 aliphatic rings. The molecule has 13 heteroatoms. The molecule has 0 aliphatic carbocycles. The summed E-state index contributed by atoms with van der Waals surface area (Å²) in [5, 5.41) is 12.2. The van der Waals surface area contributed by atoms with Gasteiger partial charge in [-0.15, -0.1) is 0 Å². The van der Waals surface area contributed by atoms with Crippen LogP contribution in [0.25, 0.3) is 0 Å². The fraction of sp³-hybridized carbons (Fsp3) is 0.571. The van der Waals surface area contributed by atoms with Gasteiger partial charge in [0, 0.05) is 31.6 Å². The highest BCUT2D eigenvalue weighted by Crippen LogP contribution is 2.39. The van der Waals surface area contributed by atoms with Crippen LogP contribution in [0, 0.1) is 0 Å². The average molecular weight is 676 g/mol. The van der Waals surface area contributed by atoms with Crippen LogP contribution in [0.15, 0.2) is 48.5 Å². The first-order valence-corrected chi connectivity index (χ1v) is 16.4. The fourth-order valence-corrected chi connectivity index (χ4v) is 6.52. The lowest BCUT2D eigenvalue weighted by molar-refractivity contribution is -0.253. The Hall–Kier alpha value is -3.52. The summed E-state index contributed by atoms with van der Waals surface area (Å²) < 4.78 is 57.6. The molecule has 0 spiro atoms. The molecule has 0 unspecified atom stereocenters. The van der Waals surface area contributed by atoms with E-state index in [1.165, 1.54) is 0 Å². The number of rotatable bonds is 9. The molecule has 5 rings (SSSR count). The van der Waals surface area contributed by atoms with Crippen LogP contribution in [-0.2, 0) is 41.7 Å². The number of nitrogens with one attached hydrogen (secondary N) is 1. The molecule has 2 N–H and O–H groups in total. The molecule has 262 valence electrons. The van der Waals surface area contributed by atoms with E-state index < -0.39 is 35.9 Å². The van der Waals surface area contributed by atoms with E-state index in [0.717, 1.165) is 29.7 Å². The van der Waals surface area contributed by atoms with Crippen molar-refractivity contribution < 1.29 is 46.9 Å². The molecule has 0 saturated carbocycles. The number of esters is 1. The van der Waals surface area contributed by atoms with Crippen molar-refractivity contribution in [2.24, 2.45) is 0 Å². The number of ether oxygens (including phenoxy) is 3. The molecule has 5 atom stereocenters. The summed E-state index contributed by atoms with van der Waals surface area (Å²) in [6.45, 7) is 6.70. The molecular formula is C35H44F3N3O7. The molecule has 2 aromatic carbocycles. The Kier molecular flexibility index (Phi) is 11.1. The number of benzene rings is 2. The van der Waals surface area contributed by atoms with Crippen LogP contribution in [0.2, 0.25) is 0 Å². The van der Waals surface area contributed by atoms with Crippen LogP contribution in [-0.4, -0.2) is 82.3 Å². The van der Waals surface area contributed by atoms with Crippen molar-refractivity contribution in [1.82, 2.24) is 15.1 Å². The predicted octanol–water partition coefficient (Wildman–Crippen LogP) is 4.70. The maximum atomic E-state index is 13.0. The van der Waals surface area contributed by atoms with E-state index >= 15 is 0 Å². The zero-order valence-electron chi connectivity index (χ0n) is 27.5. The van der Waals surface area contributed by atoms with E-state index in [0.29, 0.717) is 36.3 Å². The number of aliphatic hydroxyl groups excluding tert-OH is 1. The van der Waals surface area contributed by atoms with Gasteiger partial charge in [-0.3, -0.25) is 19.3 Å². The first-order valence-electron chi connectivity index (χ1n) is 16.4. The van der Waals surface area contributed by atoms with Gasteiger partial charge in [0.15, 0.2) is 6.29 Å². The number of likely N-dealkylation sites (tertiary alicyclic amines) is 2. The lowest BCUT2D eigenvalue weighted by Crippen LogP contribution is -2.50. The maximum Gasteiger partial charge on any atom is 0.471 e. The fourth-order valence-electron chi connectivity index (χ4n) is 6.52. The molecule has 3 aliphatic heterocycles. The molecular weight excluding hydrogens is 631 g/mol. The standard InChI is InChI=1S/C35H44F3N3O7/c1-34(2,3)48-31(44)28-7-4-16-40(28)20-26-18-29(24-12-10-23(21-42)11-13-24)47-32(46-26)25-14-8-22(9-15-25)19-39-30(43)27-6-5-17-41(27)33(45)35(36,37)38/h8-15,26-29,32,42H,4-7,16-21H2,1-3H3,(H,39,43)/t26-,27-,28-,29+,32+/m0/s1. The topological polar surface area (TPSA) is 118 Å². The molecule has 3 saturated heterocycles. The van der Waals surface area contributed by atoms with Gasteiger partial charge >= 0.3 is 18.1 Å². The van der Waals surface area contributed by atoms with E-state index in [2.05, 4.69) is 10.2 Å². The number of hydrogen-bond donors (Lipinski definition) is 2. The van der Waals surface area contributed by atoms with Crippen molar-refractivity contribution >= 4 is 17.8 Å². The van der Waals surface area contributed by atoms with E-state index in [1.54, 1.807) is 12.1 Å². The third-order valence-corrected chi connectivity index (χ3v) is 8.87. The maximum absolute atomic E-state index is 13.0. The van der Waals surface area contributed by atoms with Crippen LogP contribution in [0.3, 0.4) is 0 Å². The Morgan fingerprint density at radius 2 is 1.52 bits per heavy atom. The van der Waals surface area contributed by atoms with Crippen molar-refractivity contribution in [3.05, 3.63) is 70.8 Å². The summed E-state index contributed by atoms with van der Waals surface area (Å²) in [5.74, 6) is -2.87. The van der Waals surface area contributed by atoms with Gasteiger partial charge in [-0.05, 0) is 69.7 Å². The minimum atomic E-state index is -5.03. The summed E-state index contributed by atoms with van der Waals surface area (Å²) in [4.78, 5) is 40.2. The number of alkyl halides is 3. The summed E-state index contributed by atoms with van der Waals surface area (Å²) in [5.41, 5.74) is 2.57. The van der Waals surface area contributed by atoms with E-state index in [-0.39, 0.29) is 50.3 Å². The lowest BCUT2D eigenvalue weighted by atomic mass is 9.99. The van der Waals surface area contributed by atoms with Crippen molar-refractivity contribution in [1.29, 1.82) is 0 Å². The van der Waals surface area contributed by atoms with Gasteiger partial charge < -0.3 is 29.5 Å². The van der Waals surface area contributed by atoms with Crippen LogP contribution >= 0.6 is 0 Å². The largest absolute Gasteiger partial charge is 0.471 e. The zero-order chi connectivity index (χ0) is 34.6. The number of halogens is 3. The predicted molar refractivity (Wildman–Crippen MR) is 168 cm³/mol. The molecule has 48 heavy (non-hydrogen) atoms. The third kappa shape index (κ3) is 8.93. The number of hydrogen-bond acceptors (Lipinski definition) is 8. The lowest BCUT2D eigenvalue weighted by Gasteiger charge is -2.38. The molecule has 0 radical (unpaired) electrons. The van der Waals surface area contributed by atoms with Crippen molar-refractivity contribution in [3.8, 4) is 0 Å². The second-order valence-corrected chi connectivity index (χ2v) is 13.7. The molecule has 2 aromatic rings. The van der Waals surface area contributed by atoms with Crippen LogP contribution in [0.5, 0.6) is 0 Å². The minimum absolute atomic E-state index is 0.0690. The number of carbonyl (C=O) groups excluding carboxylic acids is 3. The van der Waals surface area contributed by atoms with Gasteiger partial charge in [0.25, 0.3) is 0 Å². The SMILES string of the molecule is CC(C)(C)OC(=O)[C@@H]1CCCN1C[C@@H]1C[C@H](c2ccc(CO)cc2)O[C@H](c2ccc(CNC(=O)[C@@H]3CCCN3C(=O)C(F)(F)F)cc2)O1. The second kappa shape index (κ2) is 14.9. The van der Waals surface area contributed by atoms with Crippen LogP contribution in [0.4, 0.5) is 13.2 Å². The highest BCUT2D eigenvalue weighted by atomic mass is 19.4. The van der Waals surface area contributed by atoms with Gasteiger partial charge in [-0.1, -0.05) is 48.5 Å². The summed E-state index contributed by atoms with van der Waals surface area (Å²) in [6.07, 6.45) is -3.74. The number of carbonyl (C=O) groups is 3. The second-order valence-electron chi connectivity index (χ2n) is 13.7. The highest BCUT2D eigenvalue weighted by molar-refractivity contribution is 5.90. The smallest absolute Gasteiger partial charge is 0.459 e. The van der Waals surface area contributed by atoms with Crippen LogP contribution in [0.1, 0.15) is 87.5 Å². The zero-order valence-corrected chi connectivity index (χ0v) is 27.5. The van der Waals surface area contributed by atoms with Crippen LogP contribution < -0.4 is 5.32 Å². The average Bonchev–Trinajstić information content (AvgIpc) is 3.72. The number of aliphatic hydroxyl groups is 1. The minimum Gasteiger partial charge on any atom is -0.459 e. The van der Waals surface area contributed by atoms with Gasteiger partial charge in [0.2, 0.25) is 5.91 Å². The molecule has 2 amide bonds. The Bertz CT molecular complexity index is 1430. The normalized spacial score (nSPS) is 25.2. The third-order valence-electron chi connectivity index (χ3n) is 8.87. The summed E-state index contributed by atoms with van der Waals surface area (Å²) in [6, 6.07) is 13.2.